The van der Waals surface area contributed by atoms with Crippen LogP contribution in [0.4, 0.5) is 5.69 Å². The van der Waals surface area contributed by atoms with Gasteiger partial charge in [0.1, 0.15) is 0 Å². The van der Waals surface area contributed by atoms with Crippen LogP contribution in [-0.4, -0.2) is 30.8 Å². The SMILES string of the molecule is CCCNC(=O)CNC(=O)c1cccc(NC(=O)c2cccs2)c1. The number of anilines is 1. The third-order valence-electron chi connectivity index (χ3n) is 3.11. The number of nitrogens with one attached hydrogen (secondary N) is 3. The Hall–Kier alpha value is -2.67. The minimum absolute atomic E-state index is 0.0788. The standard InChI is InChI=1S/C17H19N3O3S/c1-2-8-18-15(21)11-19-16(22)12-5-3-6-13(10-12)20-17(23)14-7-4-9-24-14/h3-7,9-10H,2,8,11H2,1H3,(H,18,21)(H,19,22)(H,20,23). The molecule has 0 aliphatic heterocycles. The Kier molecular flexibility index (Phi) is 6.51. The van der Waals surface area contributed by atoms with Crippen LogP contribution < -0.4 is 16.0 Å². The monoisotopic (exact) mass is 345 g/mol. The number of hydrogen-bond donors (Lipinski definition) is 3. The van der Waals surface area contributed by atoms with Crippen molar-refractivity contribution in [2.75, 3.05) is 18.4 Å². The van der Waals surface area contributed by atoms with Crippen molar-refractivity contribution < 1.29 is 14.4 Å². The lowest BCUT2D eigenvalue weighted by Crippen LogP contribution is -2.37. The Balaban J connectivity index is 1.93. The van der Waals surface area contributed by atoms with Gasteiger partial charge in [-0.1, -0.05) is 19.1 Å². The first-order valence-electron chi connectivity index (χ1n) is 7.60. The summed E-state index contributed by atoms with van der Waals surface area (Å²) < 4.78 is 0. The van der Waals surface area contributed by atoms with E-state index in [9.17, 15) is 14.4 Å². The average Bonchev–Trinajstić information content (AvgIpc) is 3.12. The average molecular weight is 345 g/mol. The minimum atomic E-state index is -0.367. The predicted octanol–water partition coefficient (Wildman–Crippen LogP) is 2.26. The summed E-state index contributed by atoms with van der Waals surface area (Å²) in [6.07, 6.45) is 0.839. The lowest BCUT2D eigenvalue weighted by atomic mass is 10.2. The van der Waals surface area contributed by atoms with E-state index < -0.39 is 0 Å². The van der Waals surface area contributed by atoms with Gasteiger partial charge in [-0.25, -0.2) is 0 Å². The summed E-state index contributed by atoms with van der Waals surface area (Å²) in [7, 11) is 0. The highest BCUT2D eigenvalue weighted by Gasteiger charge is 2.10. The topological polar surface area (TPSA) is 87.3 Å². The van der Waals surface area contributed by atoms with Gasteiger partial charge in [0.15, 0.2) is 0 Å². The van der Waals surface area contributed by atoms with Gasteiger partial charge in [-0.15, -0.1) is 11.3 Å². The lowest BCUT2D eigenvalue weighted by molar-refractivity contribution is -0.120. The summed E-state index contributed by atoms with van der Waals surface area (Å²) in [6, 6.07) is 10.1. The highest BCUT2D eigenvalue weighted by Crippen LogP contribution is 2.14. The van der Waals surface area contributed by atoms with E-state index in [0.29, 0.717) is 22.7 Å². The van der Waals surface area contributed by atoms with Crippen molar-refractivity contribution >= 4 is 34.7 Å². The molecular formula is C17H19N3O3S. The van der Waals surface area contributed by atoms with Crippen LogP contribution in [0.5, 0.6) is 0 Å². The molecule has 24 heavy (non-hydrogen) atoms. The minimum Gasteiger partial charge on any atom is -0.355 e. The molecule has 2 rings (SSSR count). The molecule has 0 bridgehead atoms. The van der Waals surface area contributed by atoms with Crippen LogP contribution in [0.25, 0.3) is 0 Å². The molecule has 0 aliphatic rings. The van der Waals surface area contributed by atoms with Crippen LogP contribution in [-0.2, 0) is 4.79 Å². The number of hydrogen-bond acceptors (Lipinski definition) is 4. The van der Waals surface area contributed by atoms with Gasteiger partial charge in [-0.05, 0) is 36.1 Å². The smallest absolute Gasteiger partial charge is 0.265 e. The fraction of sp³-hybridized carbons (Fsp3) is 0.235. The molecule has 0 saturated heterocycles. The summed E-state index contributed by atoms with van der Waals surface area (Å²) in [5, 5.41) is 9.80. The third-order valence-corrected chi connectivity index (χ3v) is 3.98. The number of carbonyl (C=O) groups excluding carboxylic acids is 3. The third kappa shape index (κ3) is 5.20. The van der Waals surface area contributed by atoms with Crippen LogP contribution in [0.3, 0.4) is 0 Å². The van der Waals surface area contributed by atoms with Gasteiger partial charge in [-0.3, -0.25) is 14.4 Å². The fourth-order valence-electron chi connectivity index (χ4n) is 1.93. The molecule has 0 radical (unpaired) electrons. The molecule has 2 aromatic rings. The van der Waals surface area contributed by atoms with Crippen molar-refractivity contribution in [3.05, 3.63) is 52.2 Å². The number of benzene rings is 1. The van der Waals surface area contributed by atoms with E-state index in [1.54, 1.807) is 36.4 Å². The molecule has 0 unspecified atom stereocenters. The van der Waals surface area contributed by atoms with E-state index >= 15 is 0 Å². The van der Waals surface area contributed by atoms with Gasteiger partial charge in [-0.2, -0.15) is 0 Å². The molecule has 0 atom stereocenters. The van der Waals surface area contributed by atoms with Crippen molar-refractivity contribution in [2.45, 2.75) is 13.3 Å². The first-order chi connectivity index (χ1) is 11.6. The second-order valence-corrected chi connectivity index (χ2v) is 5.99. The Labute approximate surface area is 144 Å². The molecule has 3 amide bonds. The highest BCUT2D eigenvalue weighted by molar-refractivity contribution is 7.12. The quantitative estimate of drug-likeness (QED) is 0.719. The molecule has 1 aromatic heterocycles. The maximum absolute atomic E-state index is 12.1. The lowest BCUT2D eigenvalue weighted by Gasteiger charge is -2.08. The molecule has 7 heteroatoms. The summed E-state index contributed by atoms with van der Waals surface area (Å²) >= 11 is 1.34. The zero-order valence-electron chi connectivity index (χ0n) is 13.3. The van der Waals surface area contributed by atoms with Gasteiger partial charge in [0.25, 0.3) is 11.8 Å². The molecule has 3 N–H and O–H groups in total. The predicted molar refractivity (Wildman–Crippen MR) is 94.3 cm³/mol. The Morgan fingerprint density at radius 2 is 1.88 bits per heavy atom. The number of thiophene rings is 1. The van der Waals surface area contributed by atoms with Crippen LogP contribution >= 0.6 is 11.3 Å². The van der Waals surface area contributed by atoms with Gasteiger partial charge in [0.2, 0.25) is 5.91 Å². The van der Waals surface area contributed by atoms with Crippen LogP contribution in [0.1, 0.15) is 33.4 Å². The van der Waals surface area contributed by atoms with E-state index in [1.165, 1.54) is 11.3 Å². The van der Waals surface area contributed by atoms with E-state index in [0.717, 1.165) is 6.42 Å². The normalized spacial score (nSPS) is 10.0. The summed E-state index contributed by atoms with van der Waals surface area (Å²) in [5.74, 6) is -0.817. The molecule has 0 saturated carbocycles. The van der Waals surface area contributed by atoms with Crippen LogP contribution in [0, 0.1) is 0 Å². The van der Waals surface area contributed by atoms with Gasteiger partial charge in [0, 0.05) is 17.8 Å². The molecule has 126 valence electrons. The van der Waals surface area contributed by atoms with Crippen molar-refractivity contribution in [1.29, 1.82) is 0 Å². The van der Waals surface area contributed by atoms with E-state index in [1.807, 2.05) is 12.3 Å². The first-order valence-corrected chi connectivity index (χ1v) is 8.48. The molecule has 0 spiro atoms. The largest absolute Gasteiger partial charge is 0.355 e. The van der Waals surface area contributed by atoms with Crippen molar-refractivity contribution in [3.8, 4) is 0 Å². The Morgan fingerprint density at radius 1 is 1.04 bits per heavy atom. The van der Waals surface area contributed by atoms with Crippen molar-refractivity contribution in [2.24, 2.45) is 0 Å². The van der Waals surface area contributed by atoms with Crippen LogP contribution in [0.2, 0.25) is 0 Å². The summed E-state index contributed by atoms with van der Waals surface area (Å²) in [4.78, 5) is 36.2. The van der Waals surface area contributed by atoms with E-state index in [2.05, 4.69) is 16.0 Å². The maximum atomic E-state index is 12.1. The van der Waals surface area contributed by atoms with Crippen molar-refractivity contribution in [3.63, 3.8) is 0 Å². The van der Waals surface area contributed by atoms with Gasteiger partial charge >= 0.3 is 0 Å². The molecule has 0 aliphatic carbocycles. The Morgan fingerprint density at radius 3 is 2.58 bits per heavy atom. The zero-order valence-corrected chi connectivity index (χ0v) is 14.1. The highest BCUT2D eigenvalue weighted by atomic mass is 32.1. The summed E-state index contributed by atoms with van der Waals surface area (Å²) in [5.41, 5.74) is 0.902. The molecule has 6 nitrogen and oxygen atoms in total. The zero-order chi connectivity index (χ0) is 17.4. The summed E-state index contributed by atoms with van der Waals surface area (Å²) in [6.45, 7) is 2.46. The first kappa shape index (κ1) is 17.7. The fourth-order valence-corrected chi connectivity index (χ4v) is 2.55. The second kappa shape index (κ2) is 8.83. The Bertz CT molecular complexity index is 714. The number of carbonyl (C=O) groups is 3. The van der Waals surface area contributed by atoms with Crippen molar-refractivity contribution in [1.82, 2.24) is 10.6 Å². The molecule has 1 aromatic carbocycles. The molecule has 0 fully saturated rings. The maximum Gasteiger partial charge on any atom is 0.265 e. The van der Waals surface area contributed by atoms with Gasteiger partial charge in [0.05, 0.1) is 11.4 Å². The van der Waals surface area contributed by atoms with Crippen LogP contribution in [0.15, 0.2) is 41.8 Å². The van der Waals surface area contributed by atoms with E-state index in [-0.39, 0.29) is 24.3 Å². The second-order valence-electron chi connectivity index (χ2n) is 5.04. The number of amides is 3. The molecule has 1 heterocycles. The van der Waals surface area contributed by atoms with E-state index in [4.69, 9.17) is 0 Å². The molecular weight excluding hydrogens is 326 g/mol. The van der Waals surface area contributed by atoms with Gasteiger partial charge < -0.3 is 16.0 Å². The number of rotatable bonds is 7.